The van der Waals surface area contributed by atoms with E-state index in [0.29, 0.717) is 18.7 Å². The third-order valence-electron chi connectivity index (χ3n) is 3.28. The maximum Gasteiger partial charge on any atom is 0.358 e. The Morgan fingerprint density at radius 1 is 1.32 bits per heavy atom. The minimum atomic E-state index is -1.02. The molecule has 2 rings (SSSR count). The molecule has 0 amide bonds. The van der Waals surface area contributed by atoms with Crippen molar-refractivity contribution in [1.29, 1.82) is 0 Å². The first-order valence-electron chi connectivity index (χ1n) is 6.24. The zero-order chi connectivity index (χ0) is 14.0. The summed E-state index contributed by atoms with van der Waals surface area (Å²) in [5.74, 6) is -1.02. The first-order valence-corrected chi connectivity index (χ1v) is 6.24. The molecule has 100 valence electrons. The van der Waals surface area contributed by atoms with E-state index in [1.165, 1.54) is 11.1 Å². The van der Waals surface area contributed by atoms with E-state index in [-0.39, 0.29) is 5.69 Å². The number of hydrogen-bond acceptors (Lipinski definition) is 3. The van der Waals surface area contributed by atoms with Gasteiger partial charge in [0.2, 0.25) is 0 Å². The molecular formula is C14H17N3O2. The molecule has 0 aliphatic heterocycles. The van der Waals surface area contributed by atoms with Crippen LogP contribution in [0.25, 0.3) is 0 Å². The summed E-state index contributed by atoms with van der Waals surface area (Å²) in [6.07, 6.45) is 0.597. The minimum absolute atomic E-state index is 0.0475. The van der Waals surface area contributed by atoms with Crippen LogP contribution in [0.15, 0.2) is 18.2 Å². The fraction of sp³-hybridized carbons (Fsp3) is 0.357. The van der Waals surface area contributed by atoms with E-state index in [1.54, 1.807) is 4.68 Å². The number of hydrogen-bond donors (Lipinski definition) is 1. The molecule has 19 heavy (non-hydrogen) atoms. The molecule has 5 nitrogen and oxygen atoms in total. The Kier molecular flexibility index (Phi) is 3.64. The van der Waals surface area contributed by atoms with Crippen LogP contribution in [0.1, 0.15) is 39.8 Å². The van der Waals surface area contributed by atoms with E-state index < -0.39 is 5.97 Å². The second-order valence-electron chi connectivity index (χ2n) is 4.62. The second-order valence-corrected chi connectivity index (χ2v) is 4.62. The fourth-order valence-corrected chi connectivity index (χ4v) is 2.05. The molecule has 1 heterocycles. The summed E-state index contributed by atoms with van der Waals surface area (Å²) in [6.45, 7) is 6.57. The third-order valence-corrected chi connectivity index (χ3v) is 3.28. The Labute approximate surface area is 111 Å². The third kappa shape index (κ3) is 2.65. The topological polar surface area (TPSA) is 68.0 Å². The van der Waals surface area contributed by atoms with Crippen LogP contribution in [-0.4, -0.2) is 26.1 Å². The Bertz CT molecular complexity index is 617. The molecule has 0 spiro atoms. The molecule has 0 aliphatic carbocycles. The van der Waals surface area contributed by atoms with Crippen LogP contribution in [0.2, 0.25) is 0 Å². The number of aromatic nitrogens is 3. The highest BCUT2D eigenvalue weighted by molar-refractivity contribution is 5.86. The van der Waals surface area contributed by atoms with Gasteiger partial charge in [-0.15, -0.1) is 5.10 Å². The lowest BCUT2D eigenvalue weighted by atomic mass is 10.1. The minimum Gasteiger partial charge on any atom is -0.476 e. The van der Waals surface area contributed by atoms with E-state index in [2.05, 4.69) is 36.3 Å². The highest BCUT2D eigenvalue weighted by Crippen LogP contribution is 2.13. The Balaban J connectivity index is 2.33. The average Bonchev–Trinajstić information content (AvgIpc) is 2.76. The van der Waals surface area contributed by atoms with Gasteiger partial charge in [-0.2, -0.15) is 0 Å². The molecule has 1 N–H and O–H groups in total. The van der Waals surface area contributed by atoms with E-state index in [0.717, 1.165) is 5.56 Å². The normalized spacial score (nSPS) is 10.7. The predicted molar refractivity (Wildman–Crippen MR) is 71.4 cm³/mol. The monoisotopic (exact) mass is 259 g/mol. The highest BCUT2D eigenvalue weighted by Gasteiger charge is 2.17. The molecule has 0 saturated carbocycles. The predicted octanol–water partition coefficient (Wildman–Crippen LogP) is 2.20. The van der Waals surface area contributed by atoms with Gasteiger partial charge in [-0.25, -0.2) is 9.48 Å². The summed E-state index contributed by atoms with van der Waals surface area (Å²) in [7, 11) is 0. The van der Waals surface area contributed by atoms with Crippen molar-refractivity contribution in [3.63, 3.8) is 0 Å². The zero-order valence-corrected chi connectivity index (χ0v) is 11.3. The standard InChI is InChI=1S/C14H17N3O2/c1-4-12-13(14(18)19)15-16-17(12)8-11-6-5-9(2)10(3)7-11/h5-7H,4,8H2,1-3H3,(H,18,19). The molecule has 0 atom stereocenters. The van der Waals surface area contributed by atoms with Crippen LogP contribution in [-0.2, 0) is 13.0 Å². The lowest BCUT2D eigenvalue weighted by Crippen LogP contribution is -2.08. The summed E-state index contributed by atoms with van der Waals surface area (Å²) in [5, 5.41) is 16.7. The summed E-state index contributed by atoms with van der Waals surface area (Å²) in [4.78, 5) is 11.0. The van der Waals surface area contributed by atoms with Crippen LogP contribution in [0.3, 0.4) is 0 Å². The molecule has 0 aliphatic rings. The van der Waals surface area contributed by atoms with Crippen LogP contribution >= 0.6 is 0 Å². The summed E-state index contributed by atoms with van der Waals surface area (Å²) >= 11 is 0. The number of aryl methyl sites for hydroxylation is 2. The molecule has 0 radical (unpaired) electrons. The van der Waals surface area contributed by atoms with Gasteiger partial charge in [0.15, 0.2) is 5.69 Å². The van der Waals surface area contributed by atoms with Gasteiger partial charge in [0.1, 0.15) is 0 Å². The molecule has 0 bridgehead atoms. The summed E-state index contributed by atoms with van der Waals surface area (Å²) in [6, 6.07) is 6.19. The molecule has 0 saturated heterocycles. The summed E-state index contributed by atoms with van der Waals surface area (Å²) < 4.78 is 1.66. The van der Waals surface area contributed by atoms with Crippen LogP contribution < -0.4 is 0 Å². The molecule has 2 aromatic rings. The van der Waals surface area contributed by atoms with Crippen molar-refractivity contribution in [1.82, 2.24) is 15.0 Å². The van der Waals surface area contributed by atoms with Crippen molar-refractivity contribution < 1.29 is 9.90 Å². The van der Waals surface area contributed by atoms with Gasteiger partial charge >= 0.3 is 5.97 Å². The number of benzene rings is 1. The number of carboxylic acids is 1. The lowest BCUT2D eigenvalue weighted by molar-refractivity contribution is 0.0689. The first-order chi connectivity index (χ1) is 9.02. The SMILES string of the molecule is CCc1c(C(=O)O)nnn1Cc1ccc(C)c(C)c1. The largest absolute Gasteiger partial charge is 0.476 e. The smallest absolute Gasteiger partial charge is 0.358 e. The number of nitrogens with zero attached hydrogens (tertiary/aromatic N) is 3. The van der Waals surface area contributed by atoms with E-state index in [9.17, 15) is 4.79 Å². The van der Waals surface area contributed by atoms with Crippen molar-refractivity contribution in [2.24, 2.45) is 0 Å². The number of rotatable bonds is 4. The van der Waals surface area contributed by atoms with E-state index in [1.807, 2.05) is 13.0 Å². The van der Waals surface area contributed by atoms with E-state index in [4.69, 9.17) is 5.11 Å². The van der Waals surface area contributed by atoms with Crippen molar-refractivity contribution in [3.8, 4) is 0 Å². The number of carboxylic acid groups (broad SMARTS) is 1. The number of aromatic carboxylic acids is 1. The molecule has 0 fully saturated rings. The van der Waals surface area contributed by atoms with Crippen molar-refractivity contribution in [2.75, 3.05) is 0 Å². The maximum absolute atomic E-state index is 11.0. The molecule has 5 heteroatoms. The Hall–Kier alpha value is -2.17. The van der Waals surface area contributed by atoms with Gasteiger partial charge in [0, 0.05) is 0 Å². The van der Waals surface area contributed by atoms with Crippen molar-refractivity contribution >= 4 is 5.97 Å². The van der Waals surface area contributed by atoms with Crippen LogP contribution in [0.5, 0.6) is 0 Å². The van der Waals surface area contributed by atoms with Gasteiger partial charge < -0.3 is 5.11 Å². The van der Waals surface area contributed by atoms with Gasteiger partial charge in [0.25, 0.3) is 0 Å². The maximum atomic E-state index is 11.0. The first kappa shape index (κ1) is 13.3. The molecular weight excluding hydrogens is 242 g/mol. The molecule has 1 aromatic carbocycles. The Morgan fingerprint density at radius 2 is 2.05 bits per heavy atom. The average molecular weight is 259 g/mol. The van der Waals surface area contributed by atoms with Crippen molar-refractivity contribution in [2.45, 2.75) is 33.7 Å². The van der Waals surface area contributed by atoms with Crippen LogP contribution in [0, 0.1) is 13.8 Å². The van der Waals surface area contributed by atoms with Crippen molar-refractivity contribution in [3.05, 3.63) is 46.3 Å². The Morgan fingerprint density at radius 3 is 2.63 bits per heavy atom. The van der Waals surface area contributed by atoms with Gasteiger partial charge in [-0.3, -0.25) is 0 Å². The highest BCUT2D eigenvalue weighted by atomic mass is 16.4. The van der Waals surface area contributed by atoms with Gasteiger partial charge in [-0.05, 0) is 37.0 Å². The quantitative estimate of drug-likeness (QED) is 0.914. The number of carbonyl (C=O) groups is 1. The zero-order valence-electron chi connectivity index (χ0n) is 11.3. The fourth-order valence-electron chi connectivity index (χ4n) is 2.05. The summed E-state index contributed by atoms with van der Waals surface area (Å²) in [5.41, 5.74) is 4.26. The second kappa shape index (κ2) is 5.22. The van der Waals surface area contributed by atoms with Crippen LogP contribution in [0.4, 0.5) is 0 Å². The molecule has 1 aromatic heterocycles. The molecule has 0 unspecified atom stereocenters. The van der Waals surface area contributed by atoms with E-state index >= 15 is 0 Å². The van der Waals surface area contributed by atoms with Gasteiger partial charge in [0.05, 0.1) is 12.2 Å². The lowest BCUT2D eigenvalue weighted by Gasteiger charge is -2.07. The van der Waals surface area contributed by atoms with Gasteiger partial charge in [-0.1, -0.05) is 30.3 Å².